The third-order valence-corrected chi connectivity index (χ3v) is 10.8. The van der Waals surface area contributed by atoms with E-state index in [1.165, 1.54) is 103 Å². The van der Waals surface area contributed by atoms with Gasteiger partial charge in [0.05, 0.1) is 0 Å². The van der Waals surface area contributed by atoms with E-state index in [-0.39, 0.29) is 16.2 Å². The van der Waals surface area contributed by atoms with E-state index in [9.17, 15) is 0 Å². The fourth-order valence-electron chi connectivity index (χ4n) is 8.07. The Morgan fingerprint density at radius 3 is 2.02 bits per heavy atom. The lowest BCUT2D eigenvalue weighted by Gasteiger charge is -2.35. The Labute approximate surface area is 262 Å². The lowest BCUT2D eigenvalue weighted by Crippen LogP contribution is -2.28. The summed E-state index contributed by atoms with van der Waals surface area (Å²) < 4.78 is 0. The van der Waals surface area contributed by atoms with Gasteiger partial charge in [0, 0.05) is 5.41 Å². The van der Waals surface area contributed by atoms with Crippen LogP contribution < -0.4 is 0 Å². The zero-order chi connectivity index (χ0) is 30.4. The summed E-state index contributed by atoms with van der Waals surface area (Å²) in [6, 6.07) is 26.9. The van der Waals surface area contributed by atoms with E-state index < -0.39 is 0 Å². The van der Waals surface area contributed by atoms with Gasteiger partial charge in [0.1, 0.15) is 0 Å². The molecule has 0 radical (unpaired) electrons. The number of hydrogen-bond donors (Lipinski definition) is 0. The molecule has 2 aliphatic carbocycles. The van der Waals surface area contributed by atoms with E-state index in [0.717, 1.165) is 6.42 Å². The Kier molecular flexibility index (Phi) is 8.12. The predicted octanol–water partition coefficient (Wildman–Crippen LogP) is 12.2. The Morgan fingerprint density at radius 2 is 1.35 bits per heavy atom. The summed E-state index contributed by atoms with van der Waals surface area (Å²) in [6.45, 7) is 16.7. The lowest BCUT2D eigenvalue weighted by molar-refractivity contribution is 0.416. The highest BCUT2D eigenvalue weighted by atomic mass is 14.5. The summed E-state index contributed by atoms with van der Waals surface area (Å²) in [4.78, 5) is 0. The minimum absolute atomic E-state index is 0.0314. The topological polar surface area (TPSA) is 0 Å². The Bertz CT molecular complexity index is 1620. The van der Waals surface area contributed by atoms with Gasteiger partial charge in [-0.05, 0) is 104 Å². The molecule has 0 heteroatoms. The molecule has 0 N–H and O–H groups in total. The predicted molar refractivity (Wildman–Crippen MR) is 188 cm³/mol. The molecule has 4 aromatic carbocycles. The standard InChI is InChI=1S/C43H54/c1-8-9-10-11-12-15-25-43(26-24-30-18-19-31-20-21-32(31)27-30)38-28-33(41(2,3)4)22-23-36(38)40-35-17-14-13-16-34(35)37(29-39(40)43)42(5,6)7/h13-14,16-19,22-23,27-29H,8-12,15,20-21,24-26H2,1-7H3. The van der Waals surface area contributed by atoms with Crippen molar-refractivity contribution in [2.75, 3.05) is 0 Å². The molecule has 6 rings (SSSR count). The summed E-state index contributed by atoms with van der Waals surface area (Å²) in [5.74, 6) is 0. The first-order chi connectivity index (χ1) is 20.5. The van der Waals surface area contributed by atoms with E-state index in [2.05, 4.69) is 115 Å². The van der Waals surface area contributed by atoms with Crippen molar-refractivity contribution in [2.24, 2.45) is 0 Å². The van der Waals surface area contributed by atoms with Crippen LogP contribution in [-0.4, -0.2) is 0 Å². The molecule has 0 amide bonds. The molecular weight excluding hydrogens is 516 g/mol. The van der Waals surface area contributed by atoms with Gasteiger partial charge in [-0.25, -0.2) is 0 Å². The van der Waals surface area contributed by atoms with Crippen LogP contribution in [0.5, 0.6) is 0 Å². The molecule has 43 heavy (non-hydrogen) atoms. The van der Waals surface area contributed by atoms with Gasteiger partial charge >= 0.3 is 0 Å². The molecule has 0 fully saturated rings. The van der Waals surface area contributed by atoms with Crippen molar-refractivity contribution in [3.8, 4) is 11.1 Å². The molecule has 2 aliphatic rings. The zero-order valence-corrected chi connectivity index (χ0v) is 28.1. The van der Waals surface area contributed by atoms with Gasteiger partial charge in [-0.2, -0.15) is 0 Å². The Balaban J connectivity index is 1.54. The smallest absolute Gasteiger partial charge is 0.0218 e. The average molecular weight is 571 g/mol. The lowest BCUT2D eigenvalue weighted by atomic mass is 9.68. The third kappa shape index (κ3) is 5.61. The maximum atomic E-state index is 2.67. The van der Waals surface area contributed by atoms with Crippen LogP contribution in [0.25, 0.3) is 21.9 Å². The molecule has 0 spiro atoms. The van der Waals surface area contributed by atoms with E-state index in [0.29, 0.717) is 0 Å². The molecule has 0 bridgehead atoms. The van der Waals surface area contributed by atoms with Crippen molar-refractivity contribution >= 4 is 10.8 Å². The van der Waals surface area contributed by atoms with Crippen molar-refractivity contribution in [3.63, 3.8) is 0 Å². The summed E-state index contributed by atoms with van der Waals surface area (Å²) in [5, 5.41) is 2.87. The third-order valence-electron chi connectivity index (χ3n) is 10.8. The fourth-order valence-corrected chi connectivity index (χ4v) is 8.07. The van der Waals surface area contributed by atoms with Crippen molar-refractivity contribution < 1.29 is 0 Å². The highest BCUT2D eigenvalue weighted by Crippen LogP contribution is 2.57. The molecule has 226 valence electrons. The van der Waals surface area contributed by atoms with E-state index >= 15 is 0 Å². The quantitative estimate of drug-likeness (QED) is 0.166. The minimum Gasteiger partial charge on any atom is -0.0654 e. The number of hydrogen-bond acceptors (Lipinski definition) is 0. The molecule has 0 saturated heterocycles. The van der Waals surface area contributed by atoms with Crippen LogP contribution in [0.4, 0.5) is 0 Å². The summed E-state index contributed by atoms with van der Waals surface area (Å²) >= 11 is 0. The van der Waals surface area contributed by atoms with E-state index in [4.69, 9.17) is 0 Å². The van der Waals surface area contributed by atoms with Gasteiger partial charge in [0.25, 0.3) is 0 Å². The first kappa shape index (κ1) is 30.2. The van der Waals surface area contributed by atoms with Gasteiger partial charge in [-0.15, -0.1) is 0 Å². The molecule has 0 saturated carbocycles. The normalized spacial score (nSPS) is 17.5. The largest absolute Gasteiger partial charge is 0.0654 e. The maximum Gasteiger partial charge on any atom is 0.0218 e. The van der Waals surface area contributed by atoms with Gasteiger partial charge < -0.3 is 0 Å². The Morgan fingerprint density at radius 1 is 0.628 bits per heavy atom. The van der Waals surface area contributed by atoms with Crippen LogP contribution in [0.3, 0.4) is 0 Å². The summed E-state index contributed by atoms with van der Waals surface area (Å²) in [5.41, 5.74) is 14.1. The SMILES string of the molecule is CCCCCCCCC1(CCc2ccc3c(c2)CC3)c2cc(C(C)(C)C)ccc2-c2c1cc(C(C)(C)C)c1ccccc21. The average Bonchev–Trinajstić information content (AvgIpc) is 3.23. The van der Waals surface area contributed by atoms with Gasteiger partial charge in [0.15, 0.2) is 0 Å². The molecule has 0 aromatic heterocycles. The van der Waals surface area contributed by atoms with Crippen LogP contribution in [-0.2, 0) is 35.5 Å². The van der Waals surface area contributed by atoms with E-state index in [1.807, 2.05) is 0 Å². The first-order valence-electron chi connectivity index (χ1n) is 17.4. The van der Waals surface area contributed by atoms with Crippen molar-refractivity contribution in [1.82, 2.24) is 0 Å². The van der Waals surface area contributed by atoms with Crippen molar-refractivity contribution in [3.05, 3.63) is 106 Å². The second-order valence-corrected chi connectivity index (χ2v) is 15.9. The van der Waals surface area contributed by atoms with Gasteiger partial charge in [-0.1, -0.05) is 154 Å². The Hall–Kier alpha value is -2.86. The highest BCUT2D eigenvalue weighted by molar-refractivity contribution is 6.04. The number of aryl methyl sites for hydroxylation is 3. The molecule has 1 atom stereocenters. The molecular formula is C43H54. The van der Waals surface area contributed by atoms with Crippen molar-refractivity contribution in [2.45, 2.75) is 135 Å². The molecule has 4 aromatic rings. The summed E-state index contributed by atoms with van der Waals surface area (Å²) in [6.07, 6.45) is 14.1. The number of fused-ring (bicyclic) bond motifs is 6. The maximum absolute atomic E-state index is 2.67. The molecule has 0 heterocycles. The fraction of sp³-hybridized carbons (Fsp3) is 0.488. The van der Waals surface area contributed by atoms with Crippen LogP contribution in [0.1, 0.15) is 139 Å². The monoisotopic (exact) mass is 570 g/mol. The second kappa shape index (κ2) is 11.6. The second-order valence-electron chi connectivity index (χ2n) is 15.9. The van der Waals surface area contributed by atoms with Crippen LogP contribution in [0.15, 0.2) is 66.7 Å². The summed E-state index contributed by atoms with van der Waals surface area (Å²) in [7, 11) is 0. The first-order valence-corrected chi connectivity index (χ1v) is 17.4. The zero-order valence-electron chi connectivity index (χ0n) is 28.1. The van der Waals surface area contributed by atoms with Gasteiger partial charge in [0.2, 0.25) is 0 Å². The number of unbranched alkanes of at least 4 members (excludes halogenated alkanes) is 5. The number of rotatable bonds is 10. The van der Waals surface area contributed by atoms with Crippen LogP contribution >= 0.6 is 0 Å². The van der Waals surface area contributed by atoms with Crippen LogP contribution in [0.2, 0.25) is 0 Å². The number of benzene rings is 4. The van der Waals surface area contributed by atoms with Crippen LogP contribution in [0, 0.1) is 0 Å². The molecule has 1 unspecified atom stereocenters. The molecule has 0 nitrogen and oxygen atoms in total. The highest BCUT2D eigenvalue weighted by Gasteiger charge is 2.44. The van der Waals surface area contributed by atoms with E-state index in [1.54, 1.807) is 22.3 Å². The minimum atomic E-state index is 0.0314. The van der Waals surface area contributed by atoms with Crippen molar-refractivity contribution in [1.29, 1.82) is 0 Å². The van der Waals surface area contributed by atoms with Gasteiger partial charge in [-0.3, -0.25) is 0 Å². The molecule has 0 aliphatic heterocycles.